The number of diazo groups is 1. The molecule has 7 heteroatoms. The molecular formula is C7H8Cl3N3Zn. The van der Waals surface area contributed by atoms with Crippen LogP contribution in [0.1, 0.15) is 0 Å². The van der Waals surface area contributed by atoms with Crippen molar-refractivity contribution >= 4 is 11.4 Å². The summed E-state index contributed by atoms with van der Waals surface area (Å²) in [6, 6.07) is 7.14. The van der Waals surface area contributed by atoms with Crippen LogP contribution in [0.5, 0.6) is 0 Å². The Balaban J connectivity index is -0.000000125. The van der Waals surface area contributed by atoms with Gasteiger partial charge in [0, 0.05) is 24.9 Å². The summed E-state index contributed by atoms with van der Waals surface area (Å²) in [5.74, 6) is 0. The van der Waals surface area contributed by atoms with Crippen molar-refractivity contribution in [2.24, 2.45) is 0 Å². The first-order chi connectivity index (χ1) is 4.86. The molecule has 1 aromatic carbocycles. The van der Waals surface area contributed by atoms with Gasteiger partial charge in [-0.15, -0.1) is 0 Å². The van der Waals surface area contributed by atoms with E-state index in [1.54, 1.807) is 12.1 Å². The zero-order valence-electron chi connectivity index (χ0n) is 7.54. The molecule has 0 unspecified atom stereocenters. The number of benzene rings is 1. The maximum atomic E-state index is 8.31. The first-order valence-corrected chi connectivity index (χ1v) is 2.99. The fraction of sp³-hybridized carbons (Fsp3) is 0.143. The van der Waals surface area contributed by atoms with Crippen LogP contribution in [-0.4, -0.2) is 7.05 Å². The Bertz CT molecular complexity index is 260. The maximum Gasteiger partial charge on any atom is 2.00 e. The minimum absolute atomic E-state index is 0. The molecule has 0 aromatic heterocycles. The van der Waals surface area contributed by atoms with Gasteiger partial charge in [0.25, 0.3) is 0 Å². The number of rotatable bonds is 1. The Morgan fingerprint density at radius 1 is 1.07 bits per heavy atom. The van der Waals surface area contributed by atoms with Crippen molar-refractivity contribution in [1.82, 2.24) is 0 Å². The number of nitrogens with zero attached hydrogens (tertiary/aromatic N) is 2. The van der Waals surface area contributed by atoms with Gasteiger partial charge in [-0.25, -0.2) is 0 Å². The van der Waals surface area contributed by atoms with Gasteiger partial charge < -0.3 is 42.5 Å². The standard InChI is InChI=1S/C7H8N3.3ClH.Zn/c1-9-6-2-4-7(10-8)5-3-6;;;;/h2-5,9H,1H3;3*1H;/q+1;;;;+2/p-3. The van der Waals surface area contributed by atoms with Gasteiger partial charge in [0.15, 0.2) is 4.98 Å². The quantitative estimate of drug-likeness (QED) is 0.414. The van der Waals surface area contributed by atoms with E-state index in [2.05, 4.69) is 10.3 Å². The van der Waals surface area contributed by atoms with E-state index in [4.69, 9.17) is 5.39 Å². The van der Waals surface area contributed by atoms with E-state index < -0.39 is 0 Å². The van der Waals surface area contributed by atoms with Gasteiger partial charge in [-0.05, 0) is 12.1 Å². The van der Waals surface area contributed by atoms with Crippen LogP contribution in [0.3, 0.4) is 0 Å². The molecule has 0 amide bonds. The summed E-state index contributed by atoms with van der Waals surface area (Å²) in [4.78, 5) is 3.02. The molecule has 0 bridgehead atoms. The van der Waals surface area contributed by atoms with Crippen molar-refractivity contribution in [3.63, 3.8) is 0 Å². The van der Waals surface area contributed by atoms with E-state index in [1.165, 1.54) is 0 Å². The first-order valence-electron chi connectivity index (χ1n) is 2.99. The molecule has 0 heterocycles. The van der Waals surface area contributed by atoms with Crippen LogP contribution in [0.4, 0.5) is 11.4 Å². The molecule has 1 N–H and O–H groups in total. The molecule has 0 radical (unpaired) electrons. The van der Waals surface area contributed by atoms with Crippen LogP contribution in [0.25, 0.3) is 4.98 Å². The van der Waals surface area contributed by atoms with Gasteiger partial charge in [-0.2, -0.15) is 0 Å². The molecular weight excluding hydrogens is 298 g/mol. The number of nitrogens with one attached hydrogen (secondary N) is 1. The normalized spacial score (nSPS) is 6.00. The van der Waals surface area contributed by atoms with Crippen LogP contribution in [0.2, 0.25) is 0 Å². The number of anilines is 1. The predicted octanol–water partition coefficient (Wildman–Crippen LogP) is -6.78. The summed E-state index contributed by atoms with van der Waals surface area (Å²) < 4.78 is 0. The topological polar surface area (TPSA) is 40.2 Å². The maximum absolute atomic E-state index is 8.31. The fourth-order valence-corrected chi connectivity index (χ4v) is 0.695. The van der Waals surface area contributed by atoms with Gasteiger partial charge >= 0.3 is 25.2 Å². The van der Waals surface area contributed by atoms with Crippen LogP contribution >= 0.6 is 0 Å². The van der Waals surface area contributed by atoms with Crippen LogP contribution in [-0.2, 0) is 19.5 Å². The van der Waals surface area contributed by atoms with Crippen LogP contribution in [0, 0.1) is 5.39 Å². The predicted molar refractivity (Wildman–Crippen MR) is 40.7 cm³/mol. The SMILES string of the molecule is CNc1ccc([N+]#N)cc1.[Cl-].[Cl-].[Cl-].[Zn+2]. The molecule has 1 rings (SSSR count). The summed E-state index contributed by atoms with van der Waals surface area (Å²) in [7, 11) is 1.84. The minimum atomic E-state index is 0. The van der Waals surface area contributed by atoms with Crippen molar-refractivity contribution in [2.45, 2.75) is 0 Å². The van der Waals surface area contributed by atoms with E-state index in [9.17, 15) is 0 Å². The molecule has 3 nitrogen and oxygen atoms in total. The third kappa shape index (κ3) is 7.35. The van der Waals surface area contributed by atoms with Crippen molar-refractivity contribution in [1.29, 1.82) is 5.39 Å². The average Bonchev–Trinajstić information content (AvgIpc) is 2.05. The Labute approximate surface area is 115 Å². The molecule has 0 aliphatic heterocycles. The van der Waals surface area contributed by atoms with Crippen molar-refractivity contribution in [3.05, 3.63) is 29.2 Å². The summed E-state index contributed by atoms with van der Waals surface area (Å²) >= 11 is 0. The molecule has 14 heavy (non-hydrogen) atoms. The van der Waals surface area contributed by atoms with Gasteiger partial charge in [0.05, 0.1) is 0 Å². The molecule has 0 spiro atoms. The summed E-state index contributed by atoms with van der Waals surface area (Å²) in [5.41, 5.74) is 1.58. The second-order valence-corrected chi connectivity index (χ2v) is 1.90. The Morgan fingerprint density at radius 2 is 1.50 bits per heavy atom. The van der Waals surface area contributed by atoms with Gasteiger partial charge in [0.1, 0.15) is 0 Å². The van der Waals surface area contributed by atoms with Gasteiger partial charge in [-0.1, -0.05) is 0 Å². The van der Waals surface area contributed by atoms with E-state index in [0.717, 1.165) is 5.69 Å². The fourth-order valence-electron chi connectivity index (χ4n) is 0.695. The monoisotopic (exact) mass is 303 g/mol. The van der Waals surface area contributed by atoms with E-state index in [-0.39, 0.29) is 56.7 Å². The summed E-state index contributed by atoms with van der Waals surface area (Å²) in [6.07, 6.45) is 0. The summed E-state index contributed by atoms with van der Waals surface area (Å²) in [6.45, 7) is 0. The molecule has 0 saturated carbocycles. The van der Waals surface area contributed by atoms with Gasteiger partial charge in [-0.3, -0.25) is 0 Å². The Morgan fingerprint density at radius 3 is 1.79 bits per heavy atom. The number of hydrogen-bond acceptors (Lipinski definition) is 2. The Kier molecular flexibility index (Phi) is 21.8. The van der Waals surface area contributed by atoms with Crippen molar-refractivity contribution in [3.8, 4) is 0 Å². The molecule has 0 aliphatic carbocycles. The largest absolute Gasteiger partial charge is 2.00 e. The second-order valence-electron chi connectivity index (χ2n) is 1.90. The first kappa shape index (κ1) is 23.6. The van der Waals surface area contributed by atoms with Gasteiger partial charge in [0.2, 0.25) is 5.39 Å². The smallest absolute Gasteiger partial charge is 1.00 e. The van der Waals surface area contributed by atoms with Crippen molar-refractivity contribution < 1.29 is 56.7 Å². The molecule has 0 aliphatic rings. The third-order valence-electron chi connectivity index (χ3n) is 1.27. The second kappa shape index (κ2) is 12.9. The molecule has 74 valence electrons. The zero-order valence-corrected chi connectivity index (χ0v) is 12.8. The van der Waals surface area contributed by atoms with Crippen LogP contribution in [0.15, 0.2) is 24.3 Å². The van der Waals surface area contributed by atoms with Crippen LogP contribution < -0.4 is 42.5 Å². The summed E-state index contributed by atoms with van der Waals surface area (Å²) in [5, 5.41) is 11.3. The number of hydrogen-bond donors (Lipinski definition) is 1. The third-order valence-corrected chi connectivity index (χ3v) is 1.27. The molecule has 1 aromatic rings. The molecule has 0 fully saturated rings. The Hall–Kier alpha value is -0.0666. The minimum Gasteiger partial charge on any atom is -1.00 e. The van der Waals surface area contributed by atoms with E-state index in [1.807, 2.05) is 19.2 Å². The van der Waals surface area contributed by atoms with E-state index >= 15 is 0 Å². The molecule has 0 atom stereocenters. The average molecular weight is 306 g/mol. The van der Waals surface area contributed by atoms with Crippen molar-refractivity contribution in [2.75, 3.05) is 12.4 Å². The molecule has 0 saturated heterocycles. The number of halogens is 3. The van der Waals surface area contributed by atoms with E-state index in [0.29, 0.717) is 5.69 Å². The zero-order chi connectivity index (χ0) is 7.40.